The summed E-state index contributed by atoms with van der Waals surface area (Å²) in [5.74, 6) is 0. The van der Waals surface area contributed by atoms with Crippen LogP contribution in [0.5, 0.6) is 0 Å². The van der Waals surface area contributed by atoms with E-state index < -0.39 is 0 Å². The number of para-hydroxylation sites is 4. The Balaban J connectivity index is 1.43. The number of fused-ring (bicyclic) bond motifs is 6. The molecule has 0 saturated heterocycles. The first-order valence-corrected chi connectivity index (χ1v) is 15.2. The number of nitrogens with zero attached hydrogens (tertiary/aromatic N) is 6. The number of hydrogen-bond acceptors (Lipinski definition) is 8. The Hall–Kier alpha value is -4.92. The van der Waals surface area contributed by atoms with Gasteiger partial charge in [-0.3, -0.25) is 19.9 Å². The summed E-state index contributed by atoms with van der Waals surface area (Å²) in [6, 6.07) is 33.9. The molecule has 0 saturated carbocycles. The summed E-state index contributed by atoms with van der Waals surface area (Å²) >= 11 is 3.56. The lowest BCUT2D eigenvalue weighted by Gasteiger charge is -2.36. The predicted molar refractivity (Wildman–Crippen MR) is 170 cm³/mol. The Bertz CT molecular complexity index is 1900. The van der Waals surface area contributed by atoms with Gasteiger partial charge in [0.2, 0.25) is 0 Å². The fourth-order valence-electron chi connectivity index (χ4n) is 5.91. The summed E-state index contributed by atoms with van der Waals surface area (Å²) in [7, 11) is 0. The molecule has 0 atom stereocenters. The zero-order chi connectivity index (χ0) is 27.6. The molecule has 0 fully saturated rings. The molecule has 0 radical (unpaired) electrons. The van der Waals surface area contributed by atoms with Crippen LogP contribution in [0.15, 0.2) is 141 Å². The Morgan fingerprint density at radius 3 is 0.905 bits per heavy atom. The number of rotatable bonds is 2. The van der Waals surface area contributed by atoms with E-state index in [9.17, 15) is 0 Å². The molecule has 2 aromatic heterocycles. The first-order valence-electron chi connectivity index (χ1n) is 13.6. The molecule has 2 aliphatic rings. The smallest absolute Gasteiger partial charge is 0.117 e. The molecule has 0 N–H and O–H groups in total. The summed E-state index contributed by atoms with van der Waals surface area (Å²) in [5, 5.41) is 0. The van der Waals surface area contributed by atoms with Gasteiger partial charge in [0.05, 0.1) is 22.7 Å². The third-order valence-corrected chi connectivity index (χ3v) is 9.87. The van der Waals surface area contributed by atoms with Gasteiger partial charge >= 0.3 is 0 Å². The monoisotopic (exact) mass is 576 g/mol. The third kappa shape index (κ3) is 3.42. The van der Waals surface area contributed by atoms with E-state index in [4.69, 9.17) is 19.9 Å². The molecule has 198 valence electrons. The molecule has 6 nitrogen and oxygen atoms in total. The van der Waals surface area contributed by atoms with Crippen LogP contribution < -0.4 is 9.80 Å². The molecule has 8 heteroatoms. The highest BCUT2D eigenvalue weighted by Crippen LogP contribution is 2.57. The van der Waals surface area contributed by atoms with Crippen molar-refractivity contribution >= 4 is 79.7 Å². The van der Waals surface area contributed by atoms with Gasteiger partial charge in [-0.1, -0.05) is 72.1 Å². The van der Waals surface area contributed by atoms with Crippen LogP contribution in [0.25, 0.3) is 22.1 Å². The highest BCUT2D eigenvalue weighted by molar-refractivity contribution is 8.00. The van der Waals surface area contributed by atoms with Crippen LogP contribution >= 0.6 is 23.5 Å². The van der Waals surface area contributed by atoms with Crippen LogP contribution in [-0.2, 0) is 0 Å². The van der Waals surface area contributed by atoms with Crippen molar-refractivity contribution in [1.82, 2.24) is 19.9 Å². The van der Waals surface area contributed by atoms with Gasteiger partial charge in [0.25, 0.3) is 0 Å². The zero-order valence-electron chi connectivity index (χ0n) is 22.0. The van der Waals surface area contributed by atoms with Crippen molar-refractivity contribution in [3.05, 3.63) is 122 Å². The van der Waals surface area contributed by atoms with Crippen molar-refractivity contribution in [2.24, 2.45) is 0 Å². The second-order valence-corrected chi connectivity index (χ2v) is 12.1. The van der Waals surface area contributed by atoms with Crippen LogP contribution in [0.1, 0.15) is 0 Å². The maximum absolute atomic E-state index is 5.01. The Morgan fingerprint density at radius 2 is 0.619 bits per heavy atom. The molecule has 4 heterocycles. The molecule has 0 spiro atoms. The van der Waals surface area contributed by atoms with Gasteiger partial charge in [-0.05, 0) is 48.5 Å². The zero-order valence-corrected chi connectivity index (χ0v) is 23.7. The van der Waals surface area contributed by atoms with Crippen LogP contribution in [0.3, 0.4) is 0 Å². The molecule has 0 bridgehead atoms. The van der Waals surface area contributed by atoms with Crippen molar-refractivity contribution < 1.29 is 0 Å². The normalized spacial score (nSPS) is 13.4. The fraction of sp³-hybridized carbons (Fsp3) is 0. The maximum Gasteiger partial charge on any atom is 0.117 e. The second-order valence-electron chi connectivity index (χ2n) is 9.95. The molecule has 5 aromatic carbocycles. The highest BCUT2D eigenvalue weighted by Gasteiger charge is 2.33. The van der Waals surface area contributed by atoms with Crippen LogP contribution in [-0.4, -0.2) is 19.9 Å². The standard InChI is InChI=1S/C34H20N6S2/c1-5-13-25-21(9-1)39(22-10-2-6-14-26(22)41-25)33-29-31(37-19-17-35-29)34(32-30(33)36-18-20-38-32)40-23-11-3-7-15-27(23)42-28-16-8-4-12-24(28)40/h1-20H. The molecule has 7 aromatic rings. The number of anilines is 6. The minimum absolute atomic E-state index is 0.769. The average Bonchev–Trinajstić information content (AvgIpc) is 3.05. The molecule has 2 aliphatic heterocycles. The highest BCUT2D eigenvalue weighted by atomic mass is 32.2. The van der Waals surface area contributed by atoms with E-state index in [0.29, 0.717) is 0 Å². The Morgan fingerprint density at radius 1 is 0.357 bits per heavy atom. The summed E-state index contributed by atoms with van der Waals surface area (Å²) < 4.78 is 0. The van der Waals surface area contributed by atoms with Gasteiger partial charge < -0.3 is 9.80 Å². The van der Waals surface area contributed by atoms with Crippen molar-refractivity contribution in [3.8, 4) is 0 Å². The van der Waals surface area contributed by atoms with Crippen LogP contribution in [0, 0.1) is 0 Å². The summed E-state index contributed by atoms with van der Waals surface area (Å²) in [6.07, 6.45) is 7.06. The quantitative estimate of drug-likeness (QED) is 0.189. The lowest BCUT2D eigenvalue weighted by Crippen LogP contribution is -2.19. The van der Waals surface area contributed by atoms with Crippen molar-refractivity contribution in [1.29, 1.82) is 0 Å². The van der Waals surface area contributed by atoms with Gasteiger partial charge in [-0.25, -0.2) is 0 Å². The largest absolute Gasteiger partial charge is 0.304 e. The average molecular weight is 577 g/mol. The van der Waals surface area contributed by atoms with Gasteiger partial charge in [0.15, 0.2) is 0 Å². The van der Waals surface area contributed by atoms with Gasteiger partial charge in [-0.15, -0.1) is 0 Å². The third-order valence-electron chi connectivity index (χ3n) is 7.61. The summed E-state index contributed by atoms with van der Waals surface area (Å²) in [5.41, 5.74) is 9.15. The lowest BCUT2D eigenvalue weighted by atomic mass is 10.1. The Kier molecular flexibility index (Phi) is 5.26. The first-order chi connectivity index (χ1) is 20.9. The van der Waals surface area contributed by atoms with Crippen LogP contribution in [0.2, 0.25) is 0 Å². The molecular weight excluding hydrogens is 557 g/mol. The number of benzene rings is 5. The van der Waals surface area contributed by atoms with E-state index in [2.05, 4.69) is 107 Å². The number of aromatic nitrogens is 4. The second kappa shape index (κ2) is 9.30. The van der Waals surface area contributed by atoms with Crippen molar-refractivity contribution in [3.63, 3.8) is 0 Å². The van der Waals surface area contributed by atoms with E-state index in [1.807, 2.05) is 0 Å². The topological polar surface area (TPSA) is 58.0 Å². The minimum atomic E-state index is 0.769. The van der Waals surface area contributed by atoms with E-state index in [1.165, 1.54) is 19.6 Å². The van der Waals surface area contributed by atoms with E-state index >= 15 is 0 Å². The molecular formula is C34H20N6S2. The SMILES string of the molecule is c1ccc2c(c1)Sc1ccccc1N2c1c2nccnc2c(N2c3ccccc3Sc3ccccc32)c2nccnc12. The molecule has 0 aliphatic carbocycles. The van der Waals surface area contributed by atoms with E-state index in [1.54, 1.807) is 48.3 Å². The lowest BCUT2D eigenvalue weighted by molar-refractivity contribution is 1.14. The van der Waals surface area contributed by atoms with E-state index in [0.717, 1.165) is 56.2 Å². The van der Waals surface area contributed by atoms with Gasteiger partial charge in [0, 0.05) is 44.4 Å². The molecule has 0 amide bonds. The molecule has 42 heavy (non-hydrogen) atoms. The Labute approximate surface area is 250 Å². The summed E-state index contributed by atoms with van der Waals surface area (Å²) in [4.78, 5) is 29.3. The van der Waals surface area contributed by atoms with Gasteiger partial charge in [0.1, 0.15) is 33.4 Å². The summed E-state index contributed by atoms with van der Waals surface area (Å²) in [6.45, 7) is 0. The predicted octanol–water partition coefficient (Wildman–Crippen LogP) is 9.44. The fourth-order valence-corrected chi connectivity index (χ4v) is 8.02. The van der Waals surface area contributed by atoms with E-state index in [-0.39, 0.29) is 0 Å². The molecule has 0 unspecified atom stereocenters. The van der Waals surface area contributed by atoms with Gasteiger partial charge in [-0.2, -0.15) is 0 Å². The van der Waals surface area contributed by atoms with Crippen LogP contribution in [0.4, 0.5) is 34.1 Å². The maximum atomic E-state index is 5.01. The first kappa shape index (κ1) is 23.8. The number of hydrogen-bond donors (Lipinski definition) is 0. The minimum Gasteiger partial charge on any atom is -0.304 e. The molecule has 9 rings (SSSR count). The van der Waals surface area contributed by atoms with Crippen molar-refractivity contribution in [2.75, 3.05) is 9.80 Å². The van der Waals surface area contributed by atoms with Crippen molar-refractivity contribution in [2.45, 2.75) is 19.6 Å².